The Morgan fingerprint density at radius 1 is 0.466 bits per heavy atom. The van der Waals surface area contributed by atoms with Crippen LogP contribution in [0.3, 0.4) is 0 Å². The van der Waals surface area contributed by atoms with Crippen molar-refractivity contribution in [3.63, 3.8) is 0 Å². The molecule has 0 saturated carbocycles. The van der Waals surface area contributed by atoms with Crippen LogP contribution in [0.2, 0.25) is 0 Å². The molecule has 0 bridgehead atoms. The van der Waals surface area contributed by atoms with Crippen molar-refractivity contribution in [3.05, 3.63) is 143 Å². The molecule has 4 aliphatic heterocycles. The van der Waals surface area contributed by atoms with Crippen molar-refractivity contribution >= 4 is 67.2 Å². The lowest BCUT2D eigenvalue weighted by Gasteiger charge is -2.15. The van der Waals surface area contributed by atoms with Crippen LogP contribution in [0.15, 0.2) is 110 Å². The number of nitrogens with zero attached hydrogens (tertiary/aromatic N) is 2. The molecule has 8 heterocycles. The second-order valence-electron chi connectivity index (χ2n) is 15.6. The number of fused-ring (bicyclic) bond motifs is 2. The Morgan fingerprint density at radius 2 is 0.845 bits per heavy atom. The van der Waals surface area contributed by atoms with Crippen molar-refractivity contribution in [3.8, 4) is 0 Å². The summed E-state index contributed by atoms with van der Waals surface area (Å²) in [6.45, 7) is 5.90. The zero-order valence-corrected chi connectivity index (χ0v) is 32.5. The van der Waals surface area contributed by atoms with Gasteiger partial charge in [-0.15, -0.1) is 0 Å². The van der Waals surface area contributed by atoms with Gasteiger partial charge in [-0.2, -0.15) is 0 Å². The molecule has 4 aliphatic rings. The molecular formula is C48H44N6O4. The lowest BCUT2D eigenvalue weighted by molar-refractivity contribution is -0.127. The summed E-state index contributed by atoms with van der Waals surface area (Å²) in [5.41, 5.74) is 10.7. The number of hydrogen-bond donors (Lipinski definition) is 4. The fourth-order valence-electron chi connectivity index (χ4n) is 10.2. The summed E-state index contributed by atoms with van der Waals surface area (Å²) in [5, 5.41) is 9.36. The van der Waals surface area contributed by atoms with E-state index in [2.05, 4.69) is 78.5 Å². The summed E-state index contributed by atoms with van der Waals surface area (Å²) in [6, 6.07) is 28.5. The van der Waals surface area contributed by atoms with Crippen LogP contribution in [-0.2, 0) is 45.1 Å². The van der Waals surface area contributed by atoms with E-state index in [1.54, 1.807) is 0 Å². The van der Waals surface area contributed by atoms with E-state index < -0.39 is 23.7 Å². The van der Waals surface area contributed by atoms with Gasteiger partial charge in [0, 0.05) is 70.5 Å². The molecule has 10 nitrogen and oxygen atoms in total. The molecule has 58 heavy (non-hydrogen) atoms. The Labute approximate surface area is 334 Å². The Morgan fingerprint density at radius 3 is 1.28 bits per heavy atom. The largest absolute Gasteiger partial charge is 0.361 e. The number of imide groups is 2. The lowest BCUT2D eigenvalue weighted by atomic mass is 9.83. The fourth-order valence-corrected chi connectivity index (χ4v) is 10.2. The van der Waals surface area contributed by atoms with Gasteiger partial charge in [-0.05, 0) is 71.2 Å². The highest BCUT2D eigenvalue weighted by Gasteiger charge is 2.47. The van der Waals surface area contributed by atoms with Gasteiger partial charge in [-0.3, -0.25) is 29.8 Å². The van der Waals surface area contributed by atoms with Gasteiger partial charge in [0.2, 0.25) is 23.6 Å². The summed E-state index contributed by atoms with van der Waals surface area (Å²) < 4.78 is 4.51. The topological polar surface area (TPSA) is 134 Å². The van der Waals surface area contributed by atoms with Crippen molar-refractivity contribution in [2.75, 3.05) is 0 Å². The first kappa shape index (κ1) is 35.7. The first-order valence-electron chi connectivity index (χ1n) is 20.5. The highest BCUT2D eigenvalue weighted by molar-refractivity contribution is 6.14. The summed E-state index contributed by atoms with van der Waals surface area (Å²) >= 11 is 0. The molecular weight excluding hydrogens is 725 g/mol. The van der Waals surface area contributed by atoms with E-state index in [9.17, 15) is 19.2 Å². The minimum Gasteiger partial charge on any atom is -0.361 e. The predicted molar refractivity (Wildman–Crippen MR) is 226 cm³/mol. The smallest absolute Gasteiger partial charge is 0.235 e. The van der Waals surface area contributed by atoms with Gasteiger partial charge in [0.1, 0.15) is 0 Å². The van der Waals surface area contributed by atoms with E-state index in [1.165, 1.54) is 22.2 Å². The highest BCUT2D eigenvalue weighted by atomic mass is 16.2. The van der Waals surface area contributed by atoms with E-state index in [4.69, 9.17) is 0 Å². The van der Waals surface area contributed by atoms with E-state index in [-0.39, 0.29) is 23.6 Å². The molecule has 2 saturated heterocycles. The van der Waals surface area contributed by atoms with Gasteiger partial charge in [0.15, 0.2) is 0 Å². The molecule has 0 aliphatic carbocycles. The Bertz CT molecular complexity index is 2760. The number of carbonyl (C=O) groups excluding carboxylic acids is 4. The van der Waals surface area contributed by atoms with Gasteiger partial charge < -0.3 is 19.1 Å². The summed E-state index contributed by atoms with van der Waals surface area (Å²) in [4.78, 5) is 58.0. The second-order valence-corrected chi connectivity index (χ2v) is 15.6. The van der Waals surface area contributed by atoms with Crippen molar-refractivity contribution in [1.82, 2.24) is 29.7 Å². The number of nitrogens with one attached hydrogen (secondary N) is 4. The number of amides is 4. The van der Waals surface area contributed by atoms with Gasteiger partial charge in [-0.25, -0.2) is 0 Å². The molecule has 0 spiro atoms. The molecule has 4 aromatic heterocycles. The molecule has 1 unspecified atom stereocenters. The zero-order chi connectivity index (χ0) is 39.7. The number of aromatic amines is 2. The minimum atomic E-state index is -0.521. The first-order chi connectivity index (χ1) is 28.4. The molecule has 4 amide bonds. The number of para-hydroxylation sites is 4. The van der Waals surface area contributed by atoms with Crippen LogP contribution in [0.25, 0.3) is 43.6 Å². The van der Waals surface area contributed by atoms with Crippen molar-refractivity contribution in [2.24, 2.45) is 0 Å². The third kappa shape index (κ3) is 5.45. The Balaban J connectivity index is 0.000000135. The molecule has 12 rings (SSSR count). The fraction of sp³-hybridized carbons (Fsp3) is 0.250. The highest BCUT2D eigenvalue weighted by Crippen LogP contribution is 2.46. The van der Waals surface area contributed by atoms with Gasteiger partial charge in [0.05, 0.1) is 34.7 Å². The maximum absolute atomic E-state index is 12.9. The summed E-state index contributed by atoms with van der Waals surface area (Å²) in [7, 11) is 0. The molecule has 10 heteroatoms. The Kier molecular flexibility index (Phi) is 8.65. The van der Waals surface area contributed by atoms with Crippen LogP contribution in [0.1, 0.15) is 83.7 Å². The van der Waals surface area contributed by atoms with Crippen molar-refractivity contribution < 1.29 is 19.2 Å². The van der Waals surface area contributed by atoms with Crippen molar-refractivity contribution in [2.45, 2.75) is 76.3 Å². The predicted octanol–water partition coefficient (Wildman–Crippen LogP) is 8.21. The SMILES string of the molecule is CC.O=C1NC(=O)[C@@H](c2c[nH]c3ccccc23)C1c1cn2c3c(cccc13)CCC2.O=C1NC(=O)[C@H](c2cn3c4c(cccc24)CCC3)[C@H]1c1c[nH]c2ccccc12. The zero-order valence-electron chi connectivity index (χ0n) is 32.5. The number of aromatic nitrogens is 4. The summed E-state index contributed by atoms with van der Waals surface area (Å²) in [6.07, 6.45) is 12.3. The third-order valence-electron chi connectivity index (χ3n) is 12.6. The lowest BCUT2D eigenvalue weighted by Crippen LogP contribution is -2.21. The number of aryl methyl sites for hydroxylation is 4. The van der Waals surface area contributed by atoms with Crippen LogP contribution < -0.4 is 10.6 Å². The molecule has 4 atom stereocenters. The van der Waals surface area contributed by atoms with Crippen LogP contribution >= 0.6 is 0 Å². The maximum Gasteiger partial charge on any atom is 0.235 e. The van der Waals surface area contributed by atoms with E-state index in [0.717, 1.165) is 93.6 Å². The van der Waals surface area contributed by atoms with E-state index >= 15 is 0 Å². The summed E-state index contributed by atoms with van der Waals surface area (Å²) in [5.74, 6) is -2.90. The standard InChI is InChI=1S/2C23H19N3O2.C2H6/c2*27-22-19(16-11-24-18-9-2-1-7-14(16)18)20(23(28)25-22)17-12-26-10-4-6-13-5-3-8-15(17)21(13)26;1-2/h2*1-3,5,7-9,11-12,19-20,24H,4,6,10H2,(H,25,27,28);1-2H3/t19-,20?;19-,20-;/m01./s1. The number of benzene rings is 4. The number of H-pyrrole nitrogens is 2. The maximum atomic E-state index is 12.9. The van der Waals surface area contributed by atoms with Gasteiger partial charge in [-0.1, -0.05) is 86.6 Å². The van der Waals surface area contributed by atoms with Crippen LogP contribution in [0.4, 0.5) is 0 Å². The monoisotopic (exact) mass is 768 g/mol. The van der Waals surface area contributed by atoms with Crippen LogP contribution in [-0.4, -0.2) is 42.7 Å². The van der Waals surface area contributed by atoms with E-state index in [1.807, 2.05) is 74.8 Å². The second kappa shape index (κ2) is 14.1. The van der Waals surface area contributed by atoms with Crippen LogP contribution in [0.5, 0.6) is 0 Å². The van der Waals surface area contributed by atoms with Gasteiger partial charge in [0.25, 0.3) is 0 Å². The molecule has 8 aromatic rings. The first-order valence-corrected chi connectivity index (χ1v) is 20.5. The molecule has 0 radical (unpaired) electrons. The molecule has 290 valence electrons. The van der Waals surface area contributed by atoms with Crippen molar-refractivity contribution in [1.29, 1.82) is 0 Å². The molecule has 2 fully saturated rings. The van der Waals surface area contributed by atoms with Crippen LogP contribution in [0, 0.1) is 0 Å². The Hall–Kier alpha value is -6.68. The average molecular weight is 769 g/mol. The molecule has 4 N–H and O–H groups in total. The molecule has 4 aromatic carbocycles. The number of hydrogen-bond acceptors (Lipinski definition) is 4. The average Bonchev–Trinajstić information content (AvgIpc) is 4.11. The number of rotatable bonds is 4. The van der Waals surface area contributed by atoms with Gasteiger partial charge >= 0.3 is 0 Å². The number of carbonyl (C=O) groups is 4. The minimum absolute atomic E-state index is 0.205. The third-order valence-corrected chi connectivity index (χ3v) is 12.6. The van der Waals surface area contributed by atoms with E-state index in [0.29, 0.717) is 0 Å². The quantitative estimate of drug-likeness (QED) is 0.134. The normalized spacial score (nSPS) is 20.9.